The number of amides is 3. The molecule has 2 atom stereocenters. The standard InChI is InChI=1S/C27H30N4O4/c32-24(20-7-3-1-4-8-20)29-27(34)31-16-15-30(22-9-5-2-6-10-22)26(25(31)33)35-23-12-11-19-13-14-28-18-21(19)17-23/h2,5-6,9-14,17-18,20,25-26,33H,1,3-4,7-8,15-16H2,(H,29,32,34). The quantitative estimate of drug-likeness (QED) is 0.596. The van der Waals surface area contributed by atoms with E-state index in [1.165, 1.54) is 4.90 Å². The molecule has 5 rings (SSSR count). The minimum atomic E-state index is -1.28. The molecule has 1 aromatic heterocycles. The number of aliphatic hydroxyl groups is 1. The number of hydrogen-bond donors (Lipinski definition) is 2. The maximum atomic E-state index is 13.0. The van der Waals surface area contributed by atoms with E-state index in [1.807, 2.05) is 59.5 Å². The summed E-state index contributed by atoms with van der Waals surface area (Å²) in [5.41, 5.74) is 0.873. The number of aromatic nitrogens is 1. The molecule has 0 radical (unpaired) electrons. The van der Waals surface area contributed by atoms with Gasteiger partial charge in [-0.3, -0.25) is 20.0 Å². The molecule has 1 saturated heterocycles. The molecule has 1 aliphatic heterocycles. The van der Waals surface area contributed by atoms with E-state index in [0.717, 1.165) is 48.6 Å². The molecule has 3 amide bonds. The summed E-state index contributed by atoms with van der Waals surface area (Å²) in [6.07, 6.45) is 6.06. The number of piperazine rings is 1. The molecule has 182 valence electrons. The molecular weight excluding hydrogens is 444 g/mol. The van der Waals surface area contributed by atoms with Crippen molar-refractivity contribution < 1.29 is 19.4 Å². The first-order valence-corrected chi connectivity index (χ1v) is 12.2. The van der Waals surface area contributed by atoms with Gasteiger partial charge in [0.15, 0.2) is 6.23 Å². The smallest absolute Gasteiger partial charge is 0.326 e. The average molecular weight is 475 g/mol. The molecule has 35 heavy (non-hydrogen) atoms. The molecule has 0 spiro atoms. The van der Waals surface area contributed by atoms with Gasteiger partial charge in [-0.2, -0.15) is 0 Å². The predicted octanol–water partition coefficient (Wildman–Crippen LogP) is 3.90. The lowest BCUT2D eigenvalue weighted by molar-refractivity contribution is -0.125. The van der Waals surface area contributed by atoms with E-state index in [1.54, 1.807) is 12.4 Å². The fourth-order valence-electron chi connectivity index (χ4n) is 4.95. The Bertz CT molecular complexity index is 1180. The Kier molecular flexibility index (Phi) is 6.81. The Morgan fingerprint density at radius 1 is 0.971 bits per heavy atom. The number of imide groups is 1. The van der Waals surface area contributed by atoms with Crippen LogP contribution in [0.4, 0.5) is 10.5 Å². The summed E-state index contributed by atoms with van der Waals surface area (Å²) in [6.45, 7) is 0.688. The fraction of sp³-hybridized carbons (Fsp3) is 0.370. The Labute approximate surface area is 204 Å². The second-order valence-electron chi connectivity index (χ2n) is 9.16. The van der Waals surface area contributed by atoms with E-state index in [4.69, 9.17) is 4.74 Å². The lowest BCUT2D eigenvalue weighted by atomic mass is 9.89. The van der Waals surface area contributed by atoms with Gasteiger partial charge < -0.3 is 14.7 Å². The normalized spacial score (nSPS) is 21.1. The van der Waals surface area contributed by atoms with Gasteiger partial charge in [-0.05, 0) is 48.6 Å². The number of carbonyl (C=O) groups excluding carboxylic acids is 2. The number of rotatable bonds is 4. The van der Waals surface area contributed by atoms with Crippen molar-refractivity contribution in [3.05, 3.63) is 67.0 Å². The van der Waals surface area contributed by atoms with E-state index < -0.39 is 18.5 Å². The number of nitrogens with zero attached hydrogens (tertiary/aromatic N) is 3. The molecule has 2 aliphatic rings. The van der Waals surface area contributed by atoms with Crippen molar-refractivity contribution in [2.24, 2.45) is 5.92 Å². The van der Waals surface area contributed by atoms with Crippen molar-refractivity contribution in [2.45, 2.75) is 44.6 Å². The molecule has 1 aliphatic carbocycles. The highest BCUT2D eigenvalue weighted by Crippen LogP contribution is 2.28. The summed E-state index contributed by atoms with van der Waals surface area (Å²) >= 11 is 0. The first-order chi connectivity index (χ1) is 17.1. The van der Waals surface area contributed by atoms with Gasteiger partial charge in [-0.15, -0.1) is 0 Å². The Morgan fingerprint density at radius 3 is 2.57 bits per heavy atom. The highest BCUT2D eigenvalue weighted by molar-refractivity contribution is 5.95. The Balaban J connectivity index is 1.37. The number of aliphatic hydroxyl groups excluding tert-OH is 1. The molecule has 1 saturated carbocycles. The van der Waals surface area contributed by atoms with Crippen LogP contribution in [0.1, 0.15) is 32.1 Å². The van der Waals surface area contributed by atoms with E-state index >= 15 is 0 Å². The van der Waals surface area contributed by atoms with Gasteiger partial charge in [-0.1, -0.05) is 43.5 Å². The number of para-hydroxylation sites is 1. The molecule has 2 heterocycles. The van der Waals surface area contributed by atoms with Gasteiger partial charge >= 0.3 is 6.03 Å². The third kappa shape index (κ3) is 5.07. The van der Waals surface area contributed by atoms with Crippen molar-refractivity contribution in [3.63, 3.8) is 0 Å². The maximum absolute atomic E-state index is 13.0. The van der Waals surface area contributed by atoms with Crippen molar-refractivity contribution >= 4 is 28.4 Å². The first-order valence-electron chi connectivity index (χ1n) is 12.2. The van der Waals surface area contributed by atoms with Gasteiger partial charge in [0.25, 0.3) is 0 Å². The minimum Gasteiger partial charge on any atom is -0.466 e. The first kappa shape index (κ1) is 23.1. The number of benzene rings is 2. The molecule has 8 nitrogen and oxygen atoms in total. The number of ether oxygens (including phenoxy) is 1. The number of anilines is 1. The molecule has 2 aromatic carbocycles. The molecule has 3 aromatic rings. The van der Waals surface area contributed by atoms with Crippen molar-refractivity contribution in [3.8, 4) is 5.75 Å². The second kappa shape index (κ2) is 10.3. The lowest BCUT2D eigenvalue weighted by Crippen LogP contribution is -2.65. The van der Waals surface area contributed by atoms with Crippen LogP contribution in [-0.4, -0.2) is 52.5 Å². The van der Waals surface area contributed by atoms with Crippen LogP contribution in [0.5, 0.6) is 5.75 Å². The zero-order valence-electron chi connectivity index (χ0n) is 19.5. The topological polar surface area (TPSA) is 95.0 Å². The van der Waals surface area contributed by atoms with Crippen molar-refractivity contribution in [1.82, 2.24) is 15.2 Å². The molecule has 2 fully saturated rings. The van der Waals surface area contributed by atoms with E-state index in [9.17, 15) is 14.7 Å². The van der Waals surface area contributed by atoms with Crippen molar-refractivity contribution in [2.75, 3.05) is 18.0 Å². The lowest BCUT2D eigenvalue weighted by Gasteiger charge is -2.45. The summed E-state index contributed by atoms with van der Waals surface area (Å²) < 4.78 is 6.29. The van der Waals surface area contributed by atoms with Crippen LogP contribution in [0.15, 0.2) is 67.0 Å². The van der Waals surface area contributed by atoms with Crippen LogP contribution in [0.3, 0.4) is 0 Å². The van der Waals surface area contributed by atoms with Gasteiger partial charge in [0, 0.05) is 42.5 Å². The summed E-state index contributed by atoms with van der Waals surface area (Å²) in [6, 6.07) is 16.6. The van der Waals surface area contributed by atoms with Gasteiger partial charge in [-0.25, -0.2) is 4.79 Å². The number of fused-ring (bicyclic) bond motifs is 1. The molecular formula is C27H30N4O4. The number of carbonyl (C=O) groups is 2. The molecule has 8 heteroatoms. The Morgan fingerprint density at radius 2 is 1.77 bits per heavy atom. The van der Waals surface area contributed by atoms with Gasteiger partial charge in [0.2, 0.25) is 12.1 Å². The summed E-state index contributed by atoms with van der Waals surface area (Å²) in [5, 5.41) is 15.8. The SMILES string of the molecule is O=C(NC(=O)N1CCN(c2ccccc2)C(Oc2ccc3ccncc3c2)C1O)C1CCCCC1. The van der Waals surface area contributed by atoms with Crippen LogP contribution in [0.25, 0.3) is 10.8 Å². The van der Waals surface area contributed by atoms with Crippen LogP contribution in [-0.2, 0) is 4.79 Å². The van der Waals surface area contributed by atoms with E-state index in [2.05, 4.69) is 10.3 Å². The van der Waals surface area contributed by atoms with Crippen LogP contribution >= 0.6 is 0 Å². The fourth-order valence-corrected chi connectivity index (χ4v) is 4.95. The monoisotopic (exact) mass is 474 g/mol. The summed E-state index contributed by atoms with van der Waals surface area (Å²) in [5.74, 6) is 0.150. The zero-order chi connectivity index (χ0) is 24.2. The highest BCUT2D eigenvalue weighted by atomic mass is 16.5. The maximum Gasteiger partial charge on any atom is 0.326 e. The number of urea groups is 1. The number of hydrogen-bond acceptors (Lipinski definition) is 6. The van der Waals surface area contributed by atoms with E-state index in [-0.39, 0.29) is 18.4 Å². The second-order valence-corrected chi connectivity index (χ2v) is 9.16. The number of nitrogens with one attached hydrogen (secondary N) is 1. The van der Waals surface area contributed by atoms with E-state index in [0.29, 0.717) is 12.3 Å². The van der Waals surface area contributed by atoms with Crippen molar-refractivity contribution in [1.29, 1.82) is 0 Å². The molecule has 2 unspecified atom stereocenters. The van der Waals surface area contributed by atoms with Gasteiger partial charge in [0.1, 0.15) is 5.75 Å². The van der Waals surface area contributed by atoms with Crippen LogP contribution in [0.2, 0.25) is 0 Å². The summed E-state index contributed by atoms with van der Waals surface area (Å²) in [7, 11) is 0. The molecule has 0 bridgehead atoms. The van der Waals surface area contributed by atoms with Gasteiger partial charge in [0.05, 0.1) is 0 Å². The third-order valence-electron chi connectivity index (χ3n) is 6.89. The average Bonchev–Trinajstić information content (AvgIpc) is 2.90. The third-order valence-corrected chi connectivity index (χ3v) is 6.89. The summed E-state index contributed by atoms with van der Waals surface area (Å²) in [4.78, 5) is 33.1. The number of pyridine rings is 1. The zero-order valence-corrected chi connectivity index (χ0v) is 19.5. The molecule has 2 N–H and O–H groups in total. The van der Waals surface area contributed by atoms with Crippen LogP contribution in [0, 0.1) is 5.92 Å². The highest BCUT2D eigenvalue weighted by Gasteiger charge is 2.40. The Hall–Kier alpha value is -3.65. The van der Waals surface area contributed by atoms with Crippen LogP contribution < -0.4 is 15.0 Å². The predicted molar refractivity (Wildman–Crippen MR) is 133 cm³/mol. The minimum absolute atomic E-state index is 0.145. The largest absolute Gasteiger partial charge is 0.466 e.